The van der Waals surface area contributed by atoms with Crippen LogP contribution in [0.4, 0.5) is 0 Å². The molecule has 0 aromatic heterocycles. The van der Waals surface area contributed by atoms with Gasteiger partial charge in [0.25, 0.3) is 0 Å². The number of carbonyl (C=O) groups is 2. The number of hydrogen-bond acceptors (Lipinski definition) is 3. The van der Waals surface area contributed by atoms with Gasteiger partial charge in [0.1, 0.15) is 5.60 Å². The summed E-state index contributed by atoms with van der Waals surface area (Å²) in [7, 11) is 0. The van der Waals surface area contributed by atoms with Crippen molar-refractivity contribution in [1.29, 1.82) is 0 Å². The molecule has 0 aliphatic carbocycles. The lowest BCUT2D eigenvalue weighted by Crippen LogP contribution is -2.22. The standard InChI is InChI=1S/C18H32O4/c1-18(2,3)22-17(21)15-13-11-9-7-5-4-6-8-10-12-14-16(19)20/h13,15H,4-12,14H2,1-3H3,(H,19,20). The Morgan fingerprint density at radius 1 is 0.909 bits per heavy atom. The first-order valence-electron chi connectivity index (χ1n) is 8.42. The highest BCUT2D eigenvalue weighted by Crippen LogP contribution is 2.11. The minimum absolute atomic E-state index is 0.270. The van der Waals surface area contributed by atoms with Crippen molar-refractivity contribution in [2.24, 2.45) is 0 Å². The fraction of sp³-hybridized carbons (Fsp3) is 0.778. The molecule has 0 heterocycles. The fourth-order valence-corrected chi connectivity index (χ4v) is 2.11. The van der Waals surface area contributed by atoms with Crippen molar-refractivity contribution in [2.75, 3.05) is 0 Å². The molecule has 0 aromatic carbocycles. The van der Waals surface area contributed by atoms with Gasteiger partial charge in [0.2, 0.25) is 0 Å². The van der Waals surface area contributed by atoms with Gasteiger partial charge in [0, 0.05) is 12.5 Å². The smallest absolute Gasteiger partial charge is 0.330 e. The lowest BCUT2D eigenvalue weighted by atomic mass is 10.1. The third-order valence-electron chi connectivity index (χ3n) is 3.17. The molecule has 0 fully saturated rings. The summed E-state index contributed by atoms with van der Waals surface area (Å²) in [6.45, 7) is 5.58. The highest BCUT2D eigenvalue weighted by Gasteiger charge is 2.13. The van der Waals surface area contributed by atoms with Crippen molar-refractivity contribution in [3.8, 4) is 0 Å². The quantitative estimate of drug-likeness (QED) is 0.317. The SMILES string of the molecule is CC(C)(C)OC(=O)C=CCCCCCCCCCCC(=O)O. The second kappa shape index (κ2) is 12.2. The number of hydrogen-bond donors (Lipinski definition) is 1. The monoisotopic (exact) mass is 312 g/mol. The zero-order valence-corrected chi connectivity index (χ0v) is 14.4. The molecule has 4 heteroatoms. The first kappa shape index (κ1) is 20.7. The first-order chi connectivity index (χ1) is 10.3. The van der Waals surface area contributed by atoms with Crippen molar-refractivity contribution in [3.05, 3.63) is 12.2 Å². The van der Waals surface area contributed by atoms with E-state index in [0.29, 0.717) is 6.42 Å². The highest BCUT2D eigenvalue weighted by molar-refractivity contribution is 5.82. The molecule has 0 spiro atoms. The second-order valence-electron chi connectivity index (χ2n) is 6.70. The molecule has 0 rings (SSSR count). The topological polar surface area (TPSA) is 63.6 Å². The fourth-order valence-electron chi connectivity index (χ4n) is 2.11. The average Bonchev–Trinajstić information content (AvgIpc) is 2.37. The summed E-state index contributed by atoms with van der Waals surface area (Å²) in [5.74, 6) is -0.965. The van der Waals surface area contributed by atoms with E-state index in [0.717, 1.165) is 32.1 Å². The molecule has 0 unspecified atom stereocenters. The van der Waals surface area contributed by atoms with Crippen LogP contribution in [0.2, 0.25) is 0 Å². The van der Waals surface area contributed by atoms with E-state index >= 15 is 0 Å². The molecule has 0 bridgehead atoms. The summed E-state index contributed by atoms with van der Waals surface area (Å²) in [6.07, 6.45) is 13.4. The second-order valence-corrected chi connectivity index (χ2v) is 6.70. The van der Waals surface area contributed by atoms with Crippen LogP contribution in [0.15, 0.2) is 12.2 Å². The third kappa shape index (κ3) is 16.7. The van der Waals surface area contributed by atoms with Crippen LogP contribution in [-0.2, 0) is 14.3 Å². The number of ether oxygens (including phenoxy) is 1. The van der Waals surface area contributed by atoms with Gasteiger partial charge in [0.15, 0.2) is 0 Å². The molecule has 4 nitrogen and oxygen atoms in total. The number of esters is 1. The molecule has 1 N–H and O–H groups in total. The first-order valence-corrected chi connectivity index (χ1v) is 8.42. The van der Waals surface area contributed by atoms with Crippen LogP contribution in [0.3, 0.4) is 0 Å². The van der Waals surface area contributed by atoms with Crippen LogP contribution in [0.25, 0.3) is 0 Å². The zero-order chi connectivity index (χ0) is 16.8. The van der Waals surface area contributed by atoms with Crippen molar-refractivity contribution in [3.63, 3.8) is 0 Å². The van der Waals surface area contributed by atoms with E-state index in [1.807, 2.05) is 26.8 Å². The summed E-state index contributed by atoms with van der Waals surface area (Å²) < 4.78 is 5.18. The number of carboxylic acids is 1. The minimum Gasteiger partial charge on any atom is -0.481 e. The average molecular weight is 312 g/mol. The van der Waals surface area contributed by atoms with Crippen molar-refractivity contribution in [1.82, 2.24) is 0 Å². The maximum atomic E-state index is 11.4. The van der Waals surface area contributed by atoms with Gasteiger partial charge in [-0.2, -0.15) is 0 Å². The van der Waals surface area contributed by atoms with E-state index in [2.05, 4.69) is 0 Å². The molecule has 22 heavy (non-hydrogen) atoms. The number of carboxylic acid groups (broad SMARTS) is 1. The van der Waals surface area contributed by atoms with Crippen LogP contribution < -0.4 is 0 Å². The predicted octanol–water partition coefficient (Wildman–Crippen LogP) is 4.87. The van der Waals surface area contributed by atoms with E-state index in [-0.39, 0.29) is 5.97 Å². The Balaban J connectivity index is 3.33. The Morgan fingerprint density at radius 2 is 1.41 bits per heavy atom. The molecule has 0 amide bonds. The van der Waals surface area contributed by atoms with E-state index < -0.39 is 11.6 Å². The van der Waals surface area contributed by atoms with E-state index in [9.17, 15) is 9.59 Å². The Hall–Kier alpha value is -1.32. The molecule has 0 aliphatic heterocycles. The Bertz CT molecular complexity index is 339. The van der Waals surface area contributed by atoms with Crippen LogP contribution in [0.5, 0.6) is 0 Å². The molecular weight excluding hydrogens is 280 g/mol. The van der Waals surface area contributed by atoms with E-state index in [4.69, 9.17) is 9.84 Å². The number of allylic oxidation sites excluding steroid dienone is 1. The lowest BCUT2D eigenvalue weighted by molar-refractivity contribution is -0.148. The molecular formula is C18H32O4. The number of carbonyl (C=O) groups excluding carboxylic acids is 1. The molecule has 0 aliphatic rings. The Morgan fingerprint density at radius 3 is 1.91 bits per heavy atom. The largest absolute Gasteiger partial charge is 0.481 e. The van der Waals surface area contributed by atoms with E-state index in [1.54, 1.807) is 0 Å². The van der Waals surface area contributed by atoms with Gasteiger partial charge >= 0.3 is 11.9 Å². The molecule has 0 saturated carbocycles. The van der Waals surface area contributed by atoms with Crippen molar-refractivity contribution < 1.29 is 19.4 Å². The van der Waals surface area contributed by atoms with Crippen LogP contribution in [0, 0.1) is 0 Å². The Kier molecular flexibility index (Phi) is 11.5. The molecule has 0 aromatic rings. The lowest BCUT2D eigenvalue weighted by Gasteiger charge is -2.17. The van der Waals surface area contributed by atoms with Gasteiger partial charge in [-0.15, -0.1) is 0 Å². The summed E-state index contributed by atoms with van der Waals surface area (Å²) >= 11 is 0. The van der Waals surface area contributed by atoms with Gasteiger partial charge < -0.3 is 9.84 Å². The van der Waals surface area contributed by atoms with Crippen LogP contribution in [-0.4, -0.2) is 22.6 Å². The van der Waals surface area contributed by atoms with Gasteiger partial charge in [0.05, 0.1) is 0 Å². The Labute approximate surface area is 134 Å². The highest BCUT2D eigenvalue weighted by atomic mass is 16.6. The number of rotatable bonds is 12. The maximum absolute atomic E-state index is 11.4. The molecule has 0 atom stereocenters. The molecule has 0 radical (unpaired) electrons. The van der Waals surface area contributed by atoms with Gasteiger partial charge in [-0.05, 0) is 40.0 Å². The minimum atomic E-state index is -0.695. The predicted molar refractivity (Wildman–Crippen MR) is 88.8 cm³/mol. The van der Waals surface area contributed by atoms with Gasteiger partial charge in [-0.1, -0.05) is 44.6 Å². The van der Waals surface area contributed by atoms with Crippen molar-refractivity contribution in [2.45, 2.75) is 90.6 Å². The number of unbranched alkanes of at least 4 members (excludes halogenated alkanes) is 8. The van der Waals surface area contributed by atoms with Gasteiger partial charge in [-0.3, -0.25) is 4.79 Å². The summed E-state index contributed by atoms with van der Waals surface area (Å²) in [4.78, 5) is 21.8. The normalized spacial score (nSPS) is 11.8. The third-order valence-corrected chi connectivity index (χ3v) is 3.17. The molecule has 0 saturated heterocycles. The van der Waals surface area contributed by atoms with Gasteiger partial charge in [-0.25, -0.2) is 4.79 Å². The summed E-state index contributed by atoms with van der Waals surface area (Å²) in [6, 6.07) is 0. The zero-order valence-electron chi connectivity index (χ0n) is 14.4. The van der Waals surface area contributed by atoms with Crippen LogP contribution >= 0.6 is 0 Å². The van der Waals surface area contributed by atoms with Crippen LogP contribution in [0.1, 0.15) is 85.0 Å². The molecule has 128 valence electrons. The van der Waals surface area contributed by atoms with E-state index in [1.165, 1.54) is 31.8 Å². The summed E-state index contributed by atoms with van der Waals surface area (Å²) in [5, 5.41) is 8.51. The van der Waals surface area contributed by atoms with Crippen molar-refractivity contribution >= 4 is 11.9 Å². The maximum Gasteiger partial charge on any atom is 0.330 e. The summed E-state index contributed by atoms with van der Waals surface area (Å²) in [5.41, 5.74) is -0.425. The number of aliphatic carboxylic acids is 1.